The normalized spacial score (nSPS) is 19.7. The number of ether oxygens (including phenoxy) is 3. The number of hydrogen-bond acceptors (Lipinski definition) is 7. The number of fused-ring (bicyclic) bond motifs is 2. The molecule has 0 N–H and O–H groups in total. The number of non-ortho nitro benzene ring substituents is 1. The van der Waals surface area contributed by atoms with E-state index in [1.54, 1.807) is 11.0 Å². The second kappa shape index (κ2) is 9.19. The fourth-order valence-electron chi connectivity index (χ4n) is 4.03. The van der Waals surface area contributed by atoms with Gasteiger partial charge in [-0.25, -0.2) is 9.59 Å². The summed E-state index contributed by atoms with van der Waals surface area (Å²) in [6, 6.07) is 13.0. The van der Waals surface area contributed by atoms with Crippen LogP contribution in [0.3, 0.4) is 0 Å². The third kappa shape index (κ3) is 4.47. The molecular formula is C23H22N2O7. The molecular weight excluding hydrogens is 416 g/mol. The molecule has 0 aromatic heterocycles. The third-order valence-electron chi connectivity index (χ3n) is 5.54. The Kier molecular flexibility index (Phi) is 6.18. The molecule has 2 aliphatic heterocycles. The molecule has 9 heteroatoms. The zero-order valence-corrected chi connectivity index (χ0v) is 17.4. The van der Waals surface area contributed by atoms with E-state index in [4.69, 9.17) is 14.2 Å². The molecule has 0 radical (unpaired) electrons. The van der Waals surface area contributed by atoms with Gasteiger partial charge in [-0.2, -0.15) is 0 Å². The standard InChI is InChI=1S/C23H22N2O7/c1-30-22(26)18-7-16(8-19(11-18)25(28)29)17-9-20-13-31-14-21(10-17)24(20)23(27)32-12-15-5-3-2-4-6-15/h2-9,11,20-21H,10,12-14H2,1H3. The lowest BCUT2D eigenvalue weighted by Gasteiger charge is -2.43. The molecule has 2 bridgehead atoms. The van der Waals surface area contributed by atoms with Gasteiger partial charge in [-0.05, 0) is 29.2 Å². The van der Waals surface area contributed by atoms with E-state index in [1.807, 2.05) is 36.4 Å². The summed E-state index contributed by atoms with van der Waals surface area (Å²) in [5.41, 5.74) is 2.15. The molecule has 2 aromatic carbocycles. The van der Waals surface area contributed by atoms with Crippen molar-refractivity contribution in [2.75, 3.05) is 20.3 Å². The van der Waals surface area contributed by atoms with Gasteiger partial charge in [0.2, 0.25) is 0 Å². The van der Waals surface area contributed by atoms with E-state index in [0.717, 1.165) is 11.1 Å². The number of nitro groups is 1. The van der Waals surface area contributed by atoms with Gasteiger partial charge in [0.25, 0.3) is 5.69 Å². The van der Waals surface area contributed by atoms with E-state index < -0.39 is 17.0 Å². The minimum atomic E-state index is -0.652. The van der Waals surface area contributed by atoms with Crippen molar-refractivity contribution < 1.29 is 28.7 Å². The first-order valence-corrected chi connectivity index (χ1v) is 10.1. The summed E-state index contributed by atoms with van der Waals surface area (Å²) in [6.07, 6.45) is 1.83. The largest absolute Gasteiger partial charge is 0.465 e. The fraction of sp³-hybridized carbons (Fsp3) is 0.304. The first-order chi connectivity index (χ1) is 15.5. The van der Waals surface area contributed by atoms with E-state index in [2.05, 4.69) is 0 Å². The van der Waals surface area contributed by atoms with E-state index in [9.17, 15) is 19.7 Å². The predicted molar refractivity (Wildman–Crippen MR) is 114 cm³/mol. The Bertz CT molecular complexity index is 1070. The Balaban J connectivity index is 1.58. The van der Waals surface area contributed by atoms with Crippen LogP contribution in [0.15, 0.2) is 54.6 Å². The quantitative estimate of drug-likeness (QED) is 0.399. The lowest BCUT2D eigenvalue weighted by molar-refractivity contribution is -0.384. The van der Waals surface area contributed by atoms with Crippen molar-refractivity contribution in [2.24, 2.45) is 0 Å². The Morgan fingerprint density at radius 2 is 1.97 bits per heavy atom. The molecule has 2 atom stereocenters. The fourth-order valence-corrected chi connectivity index (χ4v) is 4.03. The minimum Gasteiger partial charge on any atom is -0.465 e. The summed E-state index contributed by atoms with van der Waals surface area (Å²) in [5, 5.41) is 11.4. The molecule has 2 aliphatic rings. The summed E-state index contributed by atoms with van der Waals surface area (Å²) in [7, 11) is 1.22. The average molecular weight is 438 g/mol. The highest BCUT2D eigenvalue weighted by molar-refractivity contribution is 5.91. The van der Waals surface area contributed by atoms with Crippen LogP contribution in [0, 0.1) is 10.1 Å². The van der Waals surface area contributed by atoms with Gasteiger partial charge in [-0.1, -0.05) is 36.4 Å². The van der Waals surface area contributed by atoms with Gasteiger partial charge in [-0.3, -0.25) is 15.0 Å². The summed E-state index contributed by atoms with van der Waals surface area (Å²) in [6.45, 7) is 0.784. The molecule has 9 nitrogen and oxygen atoms in total. The van der Waals surface area contributed by atoms with Gasteiger partial charge < -0.3 is 14.2 Å². The van der Waals surface area contributed by atoms with Crippen molar-refractivity contribution in [2.45, 2.75) is 25.1 Å². The number of amides is 1. The number of carbonyl (C=O) groups is 2. The molecule has 32 heavy (non-hydrogen) atoms. The van der Waals surface area contributed by atoms with E-state index in [0.29, 0.717) is 25.2 Å². The smallest absolute Gasteiger partial charge is 0.411 e. The number of benzene rings is 2. The number of nitrogens with zero attached hydrogens (tertiary/aromatic N) is 2. The Hall–Kier alpha value is -3.72. The molecule has 4 rings (SSSR count). The lowest BCUT2D eigenvalue weighted by atomic mass is 9.89. The number of carbonyl (C=O) groups excluding carboxylic acids is 2. The maximum absolute atomic E-state index is 12.8. The highest BCUT2D eigenvalue weighted by Crippen LogP contribution is 2.35. The predicted octanol–water partition coefficient (Wildman–Crippen LogP) is 3.57. The summed E-state index contributed by atoms with van der Waals surface area (Å²) in [4.78, 5) is 37.3. The highest BCUT2D eigenvalue weighted by atomic mass is 16.6. The number of rotatable bonds is 5. The Labute approximate surface area is 184 Å². The van der Waals surface area contributed by atoms with Crippen molar-refractivity contribution in [3.8, 4) is 0 Å². The molecule has 0 saturated carbocycles. The van der Waals surface area contributed by atoms with Crippen molar-refractivity contribution in [1.82, 2.24) is 4.90 Å². The van der Waals surface area contributed by atoms with Crippen LogP contribution in [0.5, 0.6) is 0 Å². The molecule has 1 saturated heterocycles. The van der Waals surface area contributed by atoms with Gasteiger partial charge in [0.05, 0.1) is 42.9 Å². The van der Waals surface area contributed by atoms with Gasteiger partial charge >= 0.3 is 12.1 Å². The van der Waals surface area contributed by atoms with Gasteiger partial charge in [-0.15, -0.1) is 0 Å². The van der Waals surface area contributed by atoms with E-state index in [-0.39, 0.29) is 29.9 Å². The monoisotopic (exact) mass is 438 g/mol. The summed E-state index contributed by atoms with van der Waals surface area (Å²) >= 11 is 0. The molecule has 2 unspecified atom stereocenters. The van der Waals surface area contributed by atoms with Crippen molar-refractivity contribution in [1.29, 1.82) is 0 Å². The number of morpholine rings is 1. The number of esters is 1. The van der Waals surface area contributed by atoms with Crippen LogP contribution in [0.2, 0.25) is 0 Å². The van der Waals surface area contributed by atoms with Crippen molar-refractivity contribution in [3.63, 3.8) is 0 Å². The molecule has 2 aromatic rings. The molecule has 0 aliphatic carbocycles. The lowest BCUT2D eigenvalue weighted by Crippen LogP contribution is -2.56. The van der Waals surface area contributed by atoms with Crippen molar-refractivity contribution >= 4 is 23.3 Å². The number of hydrogen-bond donors (Lipinski definition) is 0. The van der Waals surface area contributed by atoms with Crippen LogP contribution in [-0.2, 0) is 20.8 Å². The van der Waals surface area contributed by atoms with E-state index >= 15 is 0 Å². The highest BCUT2D eigenvalue weighted by Gasteiger charge is 2.39. The topological polar surface area (TPSA) is 108 Å². The second-order valence-corrected chi connectivity index (χ2v) is 7.62. The SMILES string of the molecule is COC(=O)c1cc(C2=CC3COCC(C2)N3C(=O)OCc2ccccc2)cc([N+](=O)[O-])c1. The minimum absolute atomic E-state index is 0.101. The molecule has 1 fully saturated rings. The molecule has 166 valence electrons. The zero-order valence-electron chi connectivity index (χ0n) is 17.4. The first-order valence-electron chi connectivity index (χ1n) is 10.1. The Morgan fingerprint density at radius 1 is 1.19 bits per heavy atom. The third-order valence-corrected chi connectivity index (χ3v) is 5.54. The second-order valence-electron chi connectivity index (χ2n) is 7.62. The van der Waals surface area contributed by atoms with Crippen LogP contribution in [0.1, 0.15) is 27.9 Å². The van der Waals surface area contributed by atoms with Crippen LogP contribution in [0.25, 0.3) is 5.57 Å². The zero-order chi connectivity index (χ0) is 22.7. The molecule has 0 spiro atoms. The molecule has 1 amide bonds. The van der Waals surface area contributed by atoms with Gasteiger partial charge in [0, 0.05) is 12.1 Å². The molecule has 2 heterocycles. The first kappa shape index (κ1) is 21.5. The van der Waals surface area contributed by atoms with Gasteiger partial charge in [0.1, 0.15) is 6.61 Å². The summed E-state index contributed by atoms with van der Waals surface area (Å²) < 4.78 is 15.9. The van der Waals surface area contributed by atoms with Crippen LogP contribution >= 0.6 is 0 Å². The maximum Gasteiger partial charge on any atom is 0.411 e. The Morgan fingerprint density at radius 3 is 2.66 bits per heavy atom. The average Bonchev–Trinajstić information content (AvgIpc) is 2.81. The maximum atomic E-state index is 12.8. The van der Waals surface area contributed by atoms with E-state index in [1.165, 1.54) is 19.2 Å². The van der Waals surface area contributed by atoms with Gasteiger partial charge in [0.15, 0.2) is 0 Å². The van der Waals surface area contributed by atoms with Crippen LogP contribution < -0.4 is 0 Å². The van der Waals surface area contributed by atoms with Crippen molar-refractivity contribution in [3.05, 3.63) is 81.4 Å². The number of methoxy groups -OCH3 is 1. The van der Waals surface area contributed by atoms with Crippen LogP contribution in [-0.4, -0.2) is 54.3 Å². The van der Waals surface area contributed by atoms with Crippen LogP contribution in [0.4, 0.5) is 10.5 Å². The number of nitro benzene ring substituents is 1. The summed E-state index contributed by atoms with van der Waals surface area (Å²) in [5.74, 6) is -0.652.